The molecule has 1 fully saturated rings. The van der Waals surface area contributed by atoms with Gasteiger partial charge in [-0.05, 0) is 24.6 Å². The molecule has 0 amide bonds. The van der Waals surface area contributed by atoms with Gasteiger partial charge in [0.1, 0.15) is 6.61 Å². The minimum atomic E-state index is -0.0787. The first-order chi connectivity index (χ1) is 8.79. The molecule has 96 valence electrons. The van der Waals surface area contributed by atoms with Crippen LogP contribution in [0.25, 0.3) is 0 Å². The van der Waals surface area contributed by atoms with Gasteiger partial charge in [0, 0.05) is 36.2 Å². The Bertz CT molecular complexity index is 432. The van der Waals surface area contributed by atoms with Crippen LogP contribution in [0.3, 0.4) is 0 Å². The van der Waals surface area contributed by atoms with E-state index in [1.54, 1.807) is 0 Å². The van der Waals surface area contributed by atoms with Gasteiger partial charge in [-0.15, -0.1) is 0 Å². The number of hydrogen-bond donors (Lipinski definition) is 1. The average molecular weight is 261 g/mol. The number of hydrogen-bond acceptors (Lipinski definition) is 3. The molecule has 1 aromatic carbocycles. The Morgan fingerprint density at radius 3 is 2.83 bits per heavy atom. The Labute approximate surface area is 113 Å². The third-order valence-electron chi connectivity index (χ3n) is 3.16. The van der Waals surface area contributed by atoms with Crippen molar-refractivity contribution in [2.75, 3.05) is 24.7 Å². The third-order valence-corrected chi connectivity index (χ3v) is 4.35. The molecule has 0 bridgehead atoms. The summed E-state index contributed by atoms with van der Waals surface area (Å²) in [7, 11) is 0. The van der Waals surface area contributed by atoms with Gasteiger partial charge in [-0.1, -0.05) is 24.0 Å². The molecule has 1 heterocycles. The van der Waals surface area contributed by atoms with Crippen LogP contribution in [0.2, 0.25) is 0 Å². The fourth-order valence-electron chi connectivity index (χ4n) is 2.07. The van der Waals surface area contributed by atoms with Crippen LogP contribution in [0.5, 0.6) is 0 Å². The summed E-state index contributed by atoms with van der Waals surface area (Å²) in [4.78, 5) is 2.53. The van der Waals surface area contributed by atoms with Crippen molar-refractivity contribution in [3.63, 3.8) is 0 Å². The Hall–Kier alpha value is -0.950. The van der Waals surface area contributed by atoms with E-state index in [0.29, 0.717) is 6.04 Å². The van der Waals surface area contributed by atoms with Crippen LogP contribution in [-0.2, 0) is 6.54 Å². The summed E-state index contributed by atoms with van der Waals surface area (Å²) in [5.41, 5.74) is 2.30. The molecule has 1 atom stereocenters. The van der Waals surface area contributed by atoms with Crippen molar-refractivity contribution in [2.24, 2.45) is 0 Å². The smallest absolute Gasteiger partial charge is 0.104 e. The summed E-state index contributed by atoms with van der Waals surface area (Å²) in [6.45, 7) is 4.42. The van der Waals surface area contributed by atoms with Crippen LogP contribution in [0, 0.1) is 11.8 Å². The van der Waals surface area contributed by atoms with E-state index < -0.39 is 0 Å². The predicted molar refractivity (Wildman–Crippen MR) is 77.6 cm³/mol. The second kappa shape index (κ2) is 6.84. The second-order valence-electron chi connectivity index (χ2n) is 4.55. The van der Waals surface area contributed by atoms with Crippen LogP contribution >= 0.6 is 11.8 Å². The molecule has 0 spiro atoms. The van der Waals surface area contributed by atoms with Gasteiger partial charge in [0.15, 0.2) is 0 Å². The van der Waals surface area contributed by atoms with Gasteiger partial charge in [0.2, 0.25) is 0 Å². The van der Waals surface area contributed by atoms with E-state index in [9.17, 15) is 0 Å². The van der Waals surface area contributed by atoms with E-state index in [2.05, 4.69) is 35.8 Å². The minimum Gasteiger partial charge on any atom is -0.384 e. The van der Waals surface area contributed by atoms with Crippen molar-refractivity contribution in [3.05, 3.63) is 35.4 Å². The first-order valence-electron chi connectivity index (χ1n) is 6.30. The first-order valence-corrected chi connectivity index (χ1v) is 7.45. The van der Waals surface area contributed by atoms with Crippen LogP contribution in [-0.4, -0.2) is 40.7 Å². The highest BCUT2D eigenvalue weighted by Gasteiger charge is 2.18. The standard InChI is InChI=1S/C15H19NOS/c1-13-12-18-10-8-16(13)11-15-6-4-14(5-7-15)3-2-9-17/h4-7,13,17H,8-12H2,1H3. The largest absolute Gasteiger partial charge is 0.384 e. The van der Waals surface area contributed by atoms with Crippen molar-refractivity contribution in [1.29, 1.82) is 0 Å². The molecule has 1 saturated heterocycles. The quantitative estimate of drug-likeness (QED) is 0.823. The Morgan fingerprint density at radius 2 is 2.17 bits per heavy atom. The van der Waals surface area contributed by atoms with Crippen molar-refractivity contribution >= 4 is 11.8 Å². The summed E-state index contributed by atoms with van der Waals surface area (Å²) in [5.74, 6) is 8.06. The Kier molecular flexibility index (Phi) is 5.12. The lowest BCUT2D eigenvalue weighted by molar-refractivity contribution is 0.224. The highest BCUT2D eigenvalue weighted by atomic mass is 32.2. The van der Waals surface area contributed by atoms with E-state index >= 15 is 0 Å². The fourth-order valence-corrected chi connectivity index (χ4v) is 3.15. The van der Waals surface area contributed by atoms with E-state index in [-0.39, 0.29) is 6.61 Å². The summed E-state index contributed by atoms with van der Waals surface area (Å²) in [5, 5.41) is 8.65. The Morgan fingerprint density at radius 1 is 1.39 bits per heavy atom. The van der Waals surface area contributed by atoms with Gasteiger partial charge in [0.25, 0.3) is 0 Å². The van der Waals surface area contributed by atoms with E-state index in [4.69, 9.17) is 5.11 Å². The molecular weight excluding hydrogens is 242 g/mol. The van der Waals surface area contributed by atoms with Crippen LogP contribution in [0.15, 0.2) is 24.3 Å². The van der Waals surface area contributed by atoms with Gasteiger partial charge < -0.3 is 5.11 Å². The molecule has 1 unspecified atom stereocenters. The second-order valence-corrected chi connectivity index (χ2v) is 5.70. The summed E-state index contributed by atoms with van der Waals surface area (Å²) >= 11 is 2.05. The summed E-state index contributed by atoms with van der Waals surface area (Å²) in [6.07, 6.45) is 0. The van der Waals surface area contributed by atoms with Gasteiger partial charge in [-0.2, -0.15) is 11.8 Å². The predicted octanol–water partition coefficient (Wildman–Crippen LogP) is 1.97. The number of thioether (sulfide) groups is 1. The van der Waals surface area contributed by atoms with Crippen molar-refractivity contribution < 1.29 is 5.11 Å². The number of aliphatic hydroxyl groups excluding tert-OH is 1. The fraction of sp³-hybridized carbons (Fsp3) is 0.467. The highest BCUT2D eigenvalue weighted by Crippen LogP contribution is 2.18. The number of rotatable bonds is 2. The molecule has 0 saturated carbocycles. The number of nitrogens with zero attached hydrogens (tertiary/aromatic N) is 1. The lowest BCUT2D eigenvalue weighted by Gasteiger charge is -2.32. The average Bonchev–Trinajstić information content (AvgIpc) is 2.41. The molecule has 0 aromatic heterocycles. The molecule has 3 heteroatoms. The molecule has 1 aliphatic heterocycles. The minimum absolute atomic E-state index is 0.0787. The van der Waals surface area contributed by atoms with Crippen molar-refractivity contribution in [2.45, 2.75) is 19.5 Å². The maximum Gasteiger partial charge on any atom is 0.104 e. The zero-order chi connectivity index (χ0) is 12.8. The molecular formula is C15H19NOS. The Balaban J connectivity index is 1.97. The van der Waals surface area contributed by atoms with Crippen molar-refractivity contribution in [1.82, 2.24) is 4.90 Å². The molecule has 1 aromatic rings. The summed E-state index contributed by atoms with van der Waals surface area (Å²) in [6, 6.07) is 8.99. The molecule has 2 nitrogen and oxygen atoms in total. The maximum atomic E-state index is 8.65. The maximum absolute atomic E-state index is 8.65. The van der Waals surface area contributed by atoms with E-state index in [1.807, 2.05) is 23.9 Å². The number of benzene rings is 1. The molecule has 1 aliphatic rings. The van der Waals surface area contributed by atoms with Gasteiger partial charge in [-0.3, -0.25) is 4.90 Å². The first kappa shape index (κ1) is 13.5. The topological polar surface area (TPSA) is 23.5 Å². The zero-order valence-electron chi connectivity index (χ0n) is 10.7. The van der Waals surface area contributed by atoms with Crippen LogP contribution < -0.4 is 0 Å². The number of aliphatic hydroxyl groups is 1. The zero-order valence-corrected chi connectivity index (χ0v) is 11.5. The van der Waals surface area contributed by atoms with E-state index in [0.717, 1.165) is 12.1 Å². The lowest BCUT2D eigenvalue weighted by atomic mass is 10.1. The lowest BCUT2D eigenvalue weighted by Crippen LogP contribution is -2.39. The molecule has 0 radical (unpaired) electrons. The van der Waals surface area contributed by atoms with Crippen LogP contribution in [0.1, 0.15) is 18.1 Å². The molecule has 1 N–H and O–H groups in total. The summed E-state index contributed by atoms with van der Waals surface area (Å²) < 4.78 is 0. The molecule has 18 heavy (non-hydrogen) atoms. The molecule has 2 rings (SSSR count). The van der Waals surface area contributed by atoms with E-state index in [1.165, 1.54) is 23.6 Å². The normalized spacial score (nSPS) is 20.2. The SMILES string of the molecule is CC1CSCCN1Cc1ccc(C#CCO)cc1. The highest BCUT2D eigenvalue weighted by molar-refractivity contribution is 7.99. The monoisotopic (exact) mass is 261 g/mol. The third kappa shape index (κ3) is 3.78. The van der Waals surface area contributed by atoms with Crippen molar-refractivity contribution in [3.8, 4) is 11.8 Å². The van der Waals surface area contributed by atoms with Gasteiger partial charge in [0.05, 0.1) is 0 Å². The van der Waals surface area contributed by atoms with Gasteiger partial charge in [-0.25, -0.2) is 0 Å². The molecule has 0 aliphatic carbocycles. The van der Waals surface area contributed by atoms with Gasteiger partial charge >= 0.3 is 0 Å². The van der Waals surface area contributed by atoms with Crippen LogP contribution in [0.4, 0.5) is 0 Å².